The predicted octanol–water partition coefficient (Wildman–Crippen LogP) is 5.63. The minimum atomic E-state index is -4.51. The summed E-state index contributed by atoms with van der Waals surface area (Å²) in [5, 5.41) is 8.02. The first-order chi connectivity index (χ1) is 16.3. The van der Waals surface area contributed by atoms with Crippen LogP contribution < -0.4 is 20.9 Å². The number of hydrogen-bond acceptors (Lipinski definition) is 2. The number of anilines is 2. The maximum Gasteiger partial charge on any atom is 0.416 e. The van der Waals surface area contributed by atoms with E-state index in [0.29, 0.717) is 25.2 Å². The van der Waals surface area contributed by atoms with Crippen LogP contribution in [0.5, 0.6) is 0 Å². The molecule has 0 unspecified atom stereocenters. The number of benzene rings is 3. The molecule has 0 atom stereocenters. The van der Waals surface area contributed by atoms with Crippen molar-refractivity contribution < 1.29 is 22.8 Å². The zero-order valence-corrected chi connectivity index (χ0v) is 18.3. The zero-order chi connectivity index (χ0) is 24.4. The molecule has 178 valence electrons. The molecule has 4 amide bonds. The van der Waals surface area contributed by atoms with E-state index < -0.39 is 17.8 Å². The smallest absolute Gasteiger partial charge is 0.338 e. The van der Waals surface area contributed by atoms with E-state index in [9.17, 15) is 22.8 Å². The number of amides is 4. The number of rotatable bonds is 8. The number of carbonyl (C=O) groups excluding carboxylic acids is 2. The van der Waals surface area contributed by atoms with Crippen LogP contribution in [0.4, 0.5) is 34.1 Å². The Hall–Kier alpha value is -4.01. The highest BCUT2D eigenvalue weighted by Crippen LogP contribution is 2.30. The third kappa shape index (κ3) is 7.54. The number of para-hydroxylation sites is 1. The molecule has 3 aromatic rings. The quantitative estimate of drug-likeness (QED) is 0.373. The SMILES string of the molecule is O=C(NCCCN(C(=O)Nc1cccc(C(F)(F)F)c1)c1ccccc1)NCc1ccccc1. The Morgan fingerprint density at radius 1 is 0.824 bits per heavy atom. The minimum Gasteiger partial charge on any atom is -0.338 e. The number of urea groups is 2. The molecule has 0 aliphatic carbocycles. The van der Waals surface area contributed by atoms with Gasteiger partial charge in [0.1, 0.15) is 0 Å². The van der Waals surface area contributed by atoms with Crippen molar-refractivity contribution in [2.24, 2.45) is 0 Å². The molecule has 3 rings (SSSR count). The van der Waals surface area contributed by atoms with Gasteiger partial charge in [-0.3, -0.25) is 4.90 Å². The van der Waals surface area contributed by atoms with Crippen LogP contribution in [0.3, 0.4) is 0 Å². The van der Waals surface area contributed by atoms with Crippen molar-refractivity contribution in [3.63, 3.8) is 0 Å². The largest absolute Gasteiger partial charge is 0.416 e. The van der Waals surface area contributed by atoms with Gasteiger partial charge in [0.15, 0.2) is 0 Å². The molecule has 0 aliphatic rings. The van der Waals surface area contributed by atoms with Crippen LogP contribution in [0.1, 0.15) is 17.5 Å². The van der Waals surface area contributed by atoms with Gasteiger partial charge in [-0.15, -0.1) is 0 Å². The minimum absolute atomic E-state index is 0.0409. The molecule has 0 fully saturated rings. The van der Waals surface area contributed by atoms with Crippen LogP contribution in [-0.4, -0.2) is 25.2 Å². The van der Waals surface area contributed by atoms with Crippen LogP contribution >= 0.6 is 0 Å². The number of nitrogens with one attached hydrogen (secondary N) is 3. The Bertz CT molecular complexity index is 1080. The third-order valence-electron chi connectivity index (χ3n) is 4.89. The molecule has 0 spiro atoms. The fourth-order valence-corrected chi connectivity index (χ4v) is 3.20. The van der Waals surface area contributed by atoms with Gasteiger partial charge in [-0.25, -0.2) is 9.59 Å². The van der Waals surface area contributed by atoms with Crippen molar-refractivity contribution in [2.75, 3.05) is 23.3 Å². The average molecular weight is 470 g/mol. The second-order valence-electron chi connectivity index (χ2n) is 7.44. The van der Waals surface area contributed by atoms with Gasteiger partial charge in [0, 0.05) is 31.0 Å². The number of halogens is 3. The molecule has 0 saturated carbocycles. The summed E-state index contributed by atoms with van der Waals surface area (Å²) in [6, 6.07) is 21.8. The Morgan fingerprint density at radius 3 is 2.18 bits per heavy atom. The van der Waals surface area contributed by atoms with Crippen molar-refractivity contribution in [3.8, 4) is 0 Å². The van der Waals surface area contributed by atoms with E-state index in [2.05, 4.69) is 16.0 Å². The predicted molar refractivity (Wildman–Crippen MR) is 126 cm³/mol. The highest BCUT2D eigenvalue weighted by molar-refractivity contribution is 6.01. The summed E-state index contributed by atoms with van der Waals surface area (Å²) in [5.41, 5.74) is 0.751. The lowest BCUT2D eigenvalue weighted by Crippen LogP contribution is -2.39. The van der Waals surface area contributed by atoms with Crippen molar-refractivity contribution >= 4 is 23.4 Å². The fraction of sp³-hybridized carbons (Fsp3) is 0.200. The monoisotopic (exact) mass is 470 g/mol. The number of nitrogens with zero attached hydrogens (tertiary/aromatic N) is 1. The standard InChI is InChI=1S/C25H25F3N4O2/c26-25(27,28)20-11-7-12-21(17-20)31-24(34)32(22-13-5-2-6-14-22)16-8-15-29-23(33)30-18-19-9-3-1-4-10-19/h1-7,9-14,17H,8,15-16,18H2,(H,31,34)(H2,29,30,33). The average Bonchev–Trinajstić information content (AvgIpc) is 2.83. The van der Waals surface area contributed by atoms with E-state index in [1.165, 1.54) is 17.0 Å². The molecular formula is C25H25F3N4O2. The lowest BCUT2D eigenvalue weighted by Gasteiger charge is -2.23. The molecule has 0 bridgehead atoms. The highest BCUT2D eigenvalue weighted by Gasteiger charge is 2.30. The molecule has 0 aromatic heterocycles. The maximum atomic E-state index is 13.0. The topological polar surface area (TPSA) is 73.5 Å². The normalized spacial score (nSPS) is 10.9. The van der Waals surface area contributed by atoms with E-state index in [1.807, 2.05) is 30.3 Å². The van der Waals surface area contributed by atoms with E-state index in [4.69, 9.17) is 0 Å². The van der Waals surface area contributed by atoms with Gasteiger partial charge in [-0.1, -0.05) is 54.6 Å². The summed E-state index contributed by atoms with van der Waals surface area (Å²) in [5.74, 6) is 0. The van der Waals surface area contributed by atoms with Gasteiger partial charge in [-0.05, 0) is 42.3 Å². The van der Waals surface area contributed by atoms with Gasteiger partial charge in [-0.2, -0.15) is 13.2 Å². The fourth-order valence-electron chi connectivity index (χ4n) is 3.20. The van der Waals surface area contributed by atoms with Crippen molar-refractivity contribution in [3.05, 3.63) is 96.1 Å². The maximum absolute atomic E-state index is 13.0. The summed E-state index contributed by atoms with van der Waals surface area (Å²) >= 11 is 0. The van der Waals surface area contributed by atoms with Crippen LogP contribution in [0.25, 0.3) is 0 Å². The summed E-state index contributed by atoms with van der Waals surface area (Å²) in [4.78, 5) is 26.3. The van der Waals surface area contributed by atoms with Gasteiger partial charge >= 0.3 is 18.2 Å². The summed E-state index contributed by atoms with van der Waals surface area (Å²) in [6.45, 7) is 0.941. The molecule has 6 nitrogen and oxygen atoms in total. The summed E-state index contributed by atoms with van der Waals surface area (Å²) < 4.78 is 39.0. The van der Waals surface area contributed by atoms with Gasteiger partial charge < -0.3 is 16.0 Å². The lowest BCUT2D eigenvalue weighted by molar-refractivity contribution is -0.137. The Morgan fingerprint density at radius 2 is 1.50 bits per heavy atom. The van der Waals surface area contributed by atoms with Gasteiger partial charge in [0.2, 0.25) is 0 Å². The molecule has 0 radical (unpaired) electrons. The van der Waals surface area contributed by atoms with E-state index in [1.54, 1.807) is 30.3 Å². The molecule has 9 heteroatoms. The molecule has 0 saturated heterocycles. The Balaban J connectivity index is 1.55. The van der Waals surface area contributed by atoms with Gasteiger partial charge in [0.05, 0.1) is 5.56 Å². The number of alkyl halides is 3. The van der Waals surface area contributed by atoms with Crippen LogP contribution in [0.2, 0.25) is 0 Å². The van der Waals surface area contributed by atoms with Crippen molar-refractivity contribution in [2.45, 2.75) is 19.1 Å². The van der Waals surface area contributed by atoms with E-state index >= 15 is 0 Å². The molecule has 0 aliphatic heterocycles. The Kier molecular flexibility index (Phi) is 8.50. The lowest BCUT2D eigenvalue weighted by atomic mass is 10.2. The van der Waals surface area contributed by atoms with Crippen LogP contribution in [-0.2, 0) is 12.7 Å². The summed E-state index contributed by atoms with van der Waals surface area (Å²) in [7, 11) is 0. The number of carbonyl (C=O) groups is 2. The Labute approximate surface area is 195 Å². The first-order valence-electron chi connectivity index (χ1n) is 10.7. The first kappa shape index (κ1) is 24.6. The molecule has 34 heavy (non-hydrogen) atoms. The van der Waals surface area contributed by atoms with Crippen molar-refractivity contribution in [1.82, 2.24) is 10.6 Å². The second kappa shape index (κ2) is 11.7. The summed E-state index contributed by atoms with van der Waals surface area (Å²) in [6.07, 6.45) is -4.07. The van der Waals surface area contributed by atoms with Crippen LogP contribution in [0.15, 0.2) is 84.9 Å². The van der Waals surface area contributed by atoms with Crippen LogP contribution in [0, 0.1) is 0 Å². The molecule has 3 N–H and O–H groups in total. The molecule has 0 heterocycles. The molecule has 3 aromatic carbocycles. The van der Waals surface area contributed by atoms with Crippen molar-refractivity contribution in [1.29, 1.82) is 0 Å². The van der Waals surface area contributed by atoms with E-state index in [-0.39, 0.29) is 18.3 Å². The second-order valence-corrected chi connectivity index (χ2v) is 7.44. The number of hydrogen-bond donors (Lipinski definition) is 3. The third-order valence-corrected chi connectivity index (χ3v) is 4.89. The van der Waals surface area contributed by atoms with E-state index in [0.717, 1.165) is 17.7 Å². The van der Waals surface area contributed by atoms with Gasteiger partial charge in [0.25, 0.3) is 0 Å². The molecular weight excluding hydrogens is 445 g/mol. The highest BCUT2D eigenvalue weighted by atomic mass is 19.4. The zero-order valence-electron chi connectivity index (χ0n) is 18.3. The first-order valence-corrected chi connectivity index (χ1v) is 10.7.